The van der Waals surface area contributed by atoms with Crippen LogP contribution in [0.2, 0.25) is 0 Å². The van der Waals surface area contributed by atoms with Crippen molar-refractivity contribution in [1.29, 1.82) is 0 Å². The van der Waals surface area contributed by atoms with E-state index in [-0.39, 0.29) is 11.9 Å². The van der Waals surface area contributed by atoms with Crippen molar-refractivity contribution in [2.24, 2.45) is 5.73 Å². The fourth-order valence-corrected chi connectivity index (χ4v) is 2.49. The van der Waals surface area contributed by atoms with Crippen molar-refractivity contribution in [3.8, 4) is 0 Å². The molecule has 1 aromatic rings. The Kier molecular flexibility index (Phi) is 5.81. The van der Waals surface area contributed by atoms with Crippen molar-refractivity contribution < 1.29 is 4.79 Å². The summed E-state index contributed by atoms with van der Waals surface area (Å²) in [5, 5.41) is 2.86. The third-order valence-electron chi connectivity index (χ3n) is 2.06. The molecule has 0 saturated carbocycles. The number of carbonyl (C=O) groups is 1. The van der Waals surface area contributed by atoms with Crippen LogP contribution in [0.15, 0.2) is 22.7 Å². The zero-order valence-electron chi connectivity index (χ0n) is 9.17. The van der Waals surface area contributed by atoms with Gasteiger partial charge in [0.1, 0.15) is 0 Å². The molecule has 0 aliphatic heterocycles. The van der Waals surface area contributed by atoms with E-state index in [0.717, 1.165) is 8.04 Å². The SMILES string of the molecule is CC(CC(N)=S)NC(=O)c1cc(I)ccc1Br. The first-order valence-electron chi connectivity index (χ1n) is 4.94. The summed E-state index contributed by atoms with van der Waals surface area (Å²) in [5.41, 5.74) is 6.05. The van der Waals surface area contributed by atoms with Crippen LogP contribution in [0.5, 0.6) is 0 Å². The molecule has 1 rings (SSSR count). The molecule has 1 amide bonds. The van der Waals surface area contributed by atoms with E-state index < -0.39 is 0 Å². The molecule has 1 unspecified atom stereocenters. The fraction of sp³-hybridized carbons (Fsp3) is 0.273. The van der Waals surface area contributed by atoms with Crippen molar-refractivity contribution in [2.75, 3.05) is 0 Å². The van der Waals surface area contributed by atoms with E-state index in [1.165, 1.54) is 0 Å². The second-order valence-corrected chi connectivity index (χ2v) is 6.29. The van der Waals surface area contributed by atoms with E-state index in [4.69, 9.17) is 18.0 Å². The summed E-state index contributed by atoms with van der Waals surface area (Å²) in [6.45, 7) is 1.87. The number of carbonyl (C=O) groups excluding carboxylic acids is 1. The van der Waals surface area contributed by atoms with Crippen LogP contribution in [-0.4, -0.2) is 16.9 Å². The van der Waals surface area contributed by atoms with E-state index in [1.807, 2.05) is 25.1 Å². The van der Waals surface area contributed by atoms with Crippen LogP contribution in [0.1, 0.15) is 23.7 Å². The summed E-state index contributed by atoms with van der Waals surface area (Å²) in [7, 11) is 0. The first-order chi connectivity index (χ1) is 7.90. The molecule has 0 spiro atoms. The fourth-order valence-electron chi connectivity index (χ4n) is 1.33. The lowest BCUT2D eigenvalue weighted by molar-refractivity contribution is 0.0940. The van der Waals surface area contributed by atoms with Gasteiger partial charge in [-0.05, 0) is 63.6 Å². The highest BCUT2D eigenvalue weighted by Gasteiger charge is 2.13. The minimum atomic E-state index is -0.126. The highest BCUT2D eigenvalue weighted by atomic mass is 127. The first kappa shape index (κ1) is 14.8. The van der Waals surface area contributed by atoms with E-state index in [9.17, 15) is 4.79 Å². The van der Waals surface area contributed by atoms with Crippen LogP contribution >= 0.6 is 50.7 Å². The minimum absolute atomic E-state index is 0.0650. The Morgan fingerprint density at radius 3 is 2.88 bits per heavy atom. The van der Waals surface area contributed by atoms with Crippen LogP contribution in [0.25, 0.3) is 0 Å². The Labute approximate surface area is 128 Å². The molecule has 3 nitrogen and oxygen atoms in total. The monoisotopic (exact) mass is 426 g/mol. The Morgan fingerprint density at radius 2 is 2.29 bits per heavy atom. The standard InChI is InChI=1S/C11H12BrIN2OS/c1-6(4-10(14)17)15-11(16)8-5-7(13)2-3-9(8)12/h2-3,5-6H,4H2,1H3,(H2,14,17)(H,15,16). The van der Waals surface area contributed by atoms with Gasteiger partial charge in [0, 0.05) is 20.5 Å². The summed E-state index contributed by atoms with van der Waals surface area (Å²) in [6, 6.07) is 5.55. The van der Waals surface area contributed by atoms with Crippen LogP contribution < -0.4 is 11.1 Å². The van der Waals surface area contributed by atoms with Gasteiger partial charge in [-0.2, -0.15) is 0 Å². The summed E-state index contributed by atoms with van der Waals surface area (Å²) in [6.07, 6.45) is 0.503. The maximum absolute atomic E-state index is 12.0. The first-order valence-corrected chi connectivity index (χ1v) is 7.22. The van der Waals surface area contributed by atoms with E-state index in [1.54, 1.807) is 0 Å². The van der Waals surface area contributed by atoms with Crippen LogP contribution in [0.4, 0.5) is 0 Å². The van der Waals surface area contributed by atoms with Crippen molar-refractivity contribution in [1.82, 2.24) is 5.32 Å². The zero-order valence-corrected chi connectivity index (χ0v) is 13.7. The van der Waals surface area contributed by atoms with Crippen LogP contribution in [0.3, 0.4) is 0 Å². The van der Waals surface area contributed by atoms with Crippen LogP contribution in [0, 0.1) is 3.57 Å². The summed E-state index contributed by atoms with van der Waals surface area (Å²) in [5.74, 6) is -0.126. The average molecular weight is 427 g/mol. The van der Waals surface area contributed by atoms with Crippen molar-refractivity contribution in [3.05, 3.63) is 31.8 Å². The Morgan fingerprint density at radius 1 is 1.65 bits per heavy atom. The van der Waals surface area contributed by atoms with Gasteiger partial charge >= 0.3 is 0 Å². The van der Waals surface area contributed by atoms with E-state index in [2.05, 4.69) is 43.8 Å². The molecule has 1 atom stereocenters. The predicted molar refractivity (Wildman–Crippen MR) is 85.2 cm³/mol. The molecule has 0 aromatic heterocycles. The van der Waals surface area contributed by atoms with Gasteiger partial charge in [-0.3, -0.25) is 4.79 Å². The summed E-state index contributed by atoms with van der Waals surface area (Å²) in [4.78, 5) is 12.4. The molecule has 0 heterocycles. The molecule has 6 heteroatoms. The molecule has 1 aromatic carbocycles. The number of hydrogen-bond donors (Lipinski definition) is 2. The third kappa shape index (κ3) is 4.89. The molecule has 17 heavy (non-hydrogen) atoms. The summed E-state index contributed by atoms with van der Waals surface area (Å²) >= 11 is 10.3. The maximum atomic E-state index is 12.0. The number of amides is 1. The van der Waals surface area contributed by atoms with Gasteiger partial charge in [-0.1, -0.05) is 12.2 Å². The number of benzene rings is 1. The molecule has 0 aliphatic carbocycles. The highest BCUT2D eigenvalue weighted by Crippen LogP contribution is 2.19. The normalized spacial score (nSPS) is 11.9. The highest BCUT2D eigenvalue weighted by molar-refractivity contribution is 14.1. The van der Waals surface area contributed by atoms with Gasteiger partial charge in [0.25, 0.3) is 5.91 Å². The lowest BCUT2D eigenvalue weighted by Gasteiger charge is -2.13. The minimum Gasteiger partial charge on any atom is -0.393 e. The maximum Gasteiger partial charge on any atom is 0.252 e. The van der Waals surface area contributed by atoms with Gasteiger partial charge in [0.05, 0.1) is 10.6 Å². The lowest BCUT2D eigenvalue weighted by Crippen LogP contribution is -2.35. The van der Waals surface area contributed by atoms with Gasteiger partial charge in [-0.25, -0.2) is 0 Å². The second kappa shape index (κ2) is 6.65. The molecular weight excluding hydrogens is 415 g/mol. The second-order valence-electron chi connectivity index (χ2n) is 3.67. The average Bonchev–Trinajstić information content (AvgIpc) is 2.20. The topological polar surface area (TPSA) is 55.1 Å². The van der Waals surface area contributed by atoms with Crippen molar-refractivity contribution >= 4 is 61.6 Å². The number of nitrogens with one attached hydrogen (secondary N) is 1. The Balaban J connectivity index is 2.76. The Bertz CT molecular complexity index is 453. The lowest BCUT2D eigenvalue weighted by atomic mass is 10.2. The van der Waals surface area contributed by atoms with Crippen molar-refractivity contribution in [3.63, 3.8) is 0 Å². The Hall–Kier alpha value is -0.210. The number of hydrogen-bond acceptors (Lipinski definition) is 2. The molecule has 0 fully saturated rings. The number of thiocarbonyl (C=S) groups is 1. The largest absolute Gasteiger partial charge is 0.393 e. The molecule has 0 aliphatic rings. The van der Waals surface area contributed by atoms with E-state index in [0.29, 0.717) is 17.0 Å². The van der Waals surface area contributed by atoms with Gasteiger partial charge < -0.3 is 11.1 Å². The van der Waals surface area contributed by atoms with Crippen LogP contribution in [-0.2, 0) is 0 Å². The number of rotatable bonds is 4. The van der Waals surface area contributed by atoms with Gasteiger partial charge in [0.2, 0.25) is 0 Å². The molecule has 92 valence electrons. The van der Waals surface area contributed by atoms with Gasteiger partial charge in [0.15, 0.2) is 0 Å². The number of halogens is 2. The molecule has 0 radical (unpaired) electrons. The predicted octanol–water partition coefficient (Wildman–Crippen LogP) is 2.85. The molecule has 0 saturated heterocycles. The molecule has 0 bridgehead atoms. The molecule has 3 N–H and O–H groups in total. The van der Waals surface area contributed by atoms with E-state index >= 15 is 0 Å². The summed E-state index contributed by atoms with van der Waals surface area (Å²) < 4.78 is 1.79. The quantitative estimate of drug-likeness (QED) is 0.575. The van der Waals surface area contributed by atoms with Crippen molar-refractivity contribution in [2.45, 2.75) is 19.4 Å². The zero-order chi connectivity index (χ0) is 13.0. The molecular formula is C11H12BrIN2OS. The number of nitrogens with two attached hydrogens (primary N) is 1. The van der Waals surface area contributed by atoms with Gasteiger partial charge in [-0.15, -0.1) is 0 Å². The third-order valence-corrected chi connectivity index (χ3v) is 3.59. The smallest absolute Gasteiger partial charge is 0.252 e.